The molecule has 30 heavy (non-hydrogen) atoms. The number of aromatic nitrogens is 1. The molecule has 1 atom stereocenters. The number of nitrogens with two attached hydrogens (primary N) is 1. The lowest BCUT2D eigenvalue weighted by atomic mass is 9.85. The Morgan fingerprint density at radius 1 is 1.03 bits per heavy atom. The van der Waals surface area contributed by atoms with E-state index in [1.165, 1.54) is 30.3 Å². The molecule has 0 aliphatic rings. The van der Waals surface area contributed by atoms with Crippen LogP contribution in [0.25, 0.3) is 4.85 Å². The Morgan fingerprint density at radius 3 is 2.23 bits per heavy atom. The molecule has 0 aliphatic heterocycles. The lowest BCUT2D eigenvalue weighted by Crippen LogP contribution is -2.50. The molecule has 0 aliphatic carbocycles. The lowest BCUT2D eigenvalue weighted by Gasteiger charge is -2.35. The number of alkyl halides is 2. The van der Waals surface area contributed by atoms with Crippen molar-refractivity contribution in [1.29, 1.82) is 0 Å². The molecule has 2 aromatic carbocycles. The van der Waals surface area contributed by atoms with E-state index in [1.54, 1.807) is 0 Å². The van der Waals surface area contributed by atoms with E-state index in [2.05, 4.69) is 9.83 Å². The molecular formula is C21H15F4N3O2. The van der Waals surface area contributed by atoms with Gasteiger partial charge in [-0.25, -0.2) is 13.6 Å². The summed E-state index contributed by atoms with van der Waals surface area (Å²) in [4.78, 5) is 6.87. The first-order valence-electron chi connectivity index (χ1n) is 8.59. The second-order valence-corrected chi connectivity index (χ2v) is 6.35. The molecule has 0 saturated heterocycles. The molecule has 3 N–H and O–H groups in total. The second kappa shape index (κ2) is 8.10. The van der Waals surface area contributed by atoms with Crippen LogP contribution >= 0.6 is 0 Å². The molecule has 0 saturated carbocycles. The van der Waals surface area contributed by atoms with Crippen LogP contribution in [0.1, 0.15) is 11.3 Å². The molecule has 1 unspecified atom stereocenters. The maximum Gasteiger partial charge on any atom is 0.323 e. The van der Waals surface area contributed by atoms with E-state index >= 15 is 8.78 Å². The van der Waals surface area contributed by atoms with E-state index in [9.17, 15) is 13.9 Å². The van der Waals surface area contributed by atoms with E-state index in [1.807, 2.05) is 0 Å². The third kappa shape index (κ3) is 3.83. The molecule has 1 aromatic heterocycles. The molecule has 0 bridgehead atoms. The summed E-state index contributed by atoms with van der Waals surface area (Å²) < 4.78 is 62.9. The van der Waals surface area contributed by atoms with Crippen LogP contribution < -0.4 is 10.5 Å². The highest BCUT2D eigenvalue weighted by atomic mass is 19.3. The van der Waals surface area contributed by atoms with Crippen LogP contribution in [0.5, 0.6) is 11.5 Å². The molecule has 0 fully saturated rings. The number of nitrogens with zero attached hydrogens (tertiary/aromatic N) is 2. The fraction of sp³-hybridized carbons (Fsp3) is 0.143. The Kier molecular flexibility index (Phi) is 5.73. The number of benzene rings is 2. The quantitative estimate of drug-likeness (QED) is 0.453. The zero-order valence-corrected chi connectivity index (χ0v) is 15.3. The molecule has 9 heteroatoms. The van der Waals surface area contributed by atoms with Gasteiger partial charge >= 0.3 is 5.92 Å². The summed E-state index contributed by atoms with van der Waals surface area (Å²) >= 11 is 0. The van der Waals surface area contributed by atoms with E-state index in [0.29, 0.717) is 17.5 Å². The first-order valence-corrected chi connectivity index (χ1v) is 8.59. The third-order valence-electron chi connectivity index (χ3n) is 4.45. The number of hydrogen-bond acceptors (Lipinski definition) is 4. The Bertz CT molecular complexity index is 1080. The van der Waals surface area contributed by atoms with Crippen LogP contribution in [0.3, 0.4) is 0 Å². The highest BCUT2D eigenvalue weighted by Gasteiger charge is 2.56. The van der Waals surface area contributed by atoms with E-state index < -0.39 is 41.0 Å². The van der Waals surface area contributed by atoms with Crippen molar-refractivity contribution >= 4 is 5.69 Å². The fourth-order valence-corrected chi connectivity index (χ4v) is 2.80. The number of pyridine rings is 1. The van der Waals surface area contributed by atoms with Crippen LogP contribution in [0, 0.1) is 18.2 Å². The van der Waals surface area contributed by atoms with Crippen LogP contribution in [0.15, 0.2) is 60.8 Å². The zero-order valence-electron chi connectivity index (χ0n) is 15.3. The summed E-state index contributed by atoms with van der Waals surface area (Å²) in [5.41, 5.74) is 0.883. The maximum atomic E-state index is 15.1. The van der Waals surface area contributed by atoms with Crippen molar-refractivity contribution in [3.05, 3.63) is 95.1 Å². The fourth-order valence-electron chi connectivity index (χ4n) is 2.80. The molecule has 3 rings (SSSR count). The minimum atomic E-state index is -4.10. The van der Waals surface area contributed by atoms with Crippen molar-refractivity contribution in [1.82, 2.24) is 4.98 Å². The number of halogens is 4. The van der Waals surface area contributed by atoms with Gasteiger partial charge in [-0.3, -0.25) is 4.98 Å². The molecule has 0 radical (unpaired) electrons. The summed E-state index contributed by atoms with van der Waals surface area (Å²) in [6.07, 6.45) is 1.00. The molecular weight excluding hydrogens is 402 g/mol. The van der Waals surface area contributed by atoms with E-state index in [0.717, 1.165) is 24.4 Å². The predicted octanol–water partition coefficient (Wildman–Crippen LogP) is 4.64. The van der Waals surface area contributed by atoms with Gasteiger partial charge in [-0.1, -0.05) is 18.2 Å². The molecule has 3 aromatic rings. The summed E-state index contributed by atoms with van der Waals surface area (Å²) in [5.74, 6) is -5.96. The normalized spacial score (nSPS) is 13.4. The van der Waals surface area contributed by atoms with Gasteiger partial charge in [0.15, 0.2) is 11.3 Å². The number of ether oxygens (including phenoxy) is 1. The highest BCUT2D eigenvalue weighted by molar-refractivity contribution is 5.47. The van der Waals surface area contributed by atoms with Crippen LogP contribution in [-0.2, 0) is 11.5 Å². The minimum Gasteiger partial charge on any atom is -0.456 e. The second-order valence-electron chi connectivity index (χ2n) is 6.35. The molecule has 5 nitrogen and oxygen atoms in total. The van der Waals surface area contributed by atoms with Crippen molar-refractivity contribution in [2.24, 2.45) is 5.73 Å². The van der Waals surface area contributed by atoms with Crippen LogP contribution in [-0.4, -0.2) is 16.6 Å². The Labute approximate surface area is 169 Å². The Hall–Kier alpha value is -3.48. The third-order valence-corrected chi connectivity index (χ3v) is 4.45. The van der Waals surface area contributed by atoms with Crippen LogP contribution in [0.4, 0.5) is 23.2 Å². The predicted molar refractivity (Wildman–Crippen MR) is 100 cm³/mol. The first-order chi connectivity index (χ1) is 14.2. The maximum absolute atomic E-state index is 15.1. The number of aliphatic hydroxyl groups is 1. The molecule has 154 valence electrons. The summed E-state index contributed by atoms with van der Waals surface area (Å²) in [7, 11) is 0. The smallest absolute Gasteiger partial charge is 0.323 e. The van der Waals surface area contributed by atoms with Gasteiger partial charge in [0.05, 0.1) is 12.8 Å². The van der Waals surface area contributed by atoms with Gasteiger partial charge in [0.1, 0.15) is 28.8 Å². The zero-order chi connectivity index (χ0) is 21.9. The van der Waals surface area contributed by atoms with Crippen molar-refractivity contribution < 1.29 is 27.4 Å². The topological polar surface area (TPSA) is 72.7 Å². The van der Waals surface area contributed by atoms with Gasteiger partial charge in [0.2, 0.25) is 0 Å². The Morgan fingerprint density at radius 2 is 1.70 bits per heavy atom. The van der Waals surface area contributed by atoms with Crippen molar-refractivity contribution in [2.75, 3.05) is 6.54 Å². The van der Waals surface area contributed by atoms with Gasteiger partial charge in [-0.15, -0.1) is 0 Å². The van der Waals surface area contributed by atoms with Crippen LogP contribution in [0.2, 0.25) is 0 Å². The minimum absolute atomic E-state index is 0.120. The number of hydrogen-bond donors (Lipinski definition) is 2. The van der Waals surface area contributed by atoms with Crippen molar-refractivity contribution in [2.45, 2.75) is 11.5 Å². The van der Waals surface area contributed by atoms with Crippen molar-refractivity contribution in [3.63, 3.8) is 0 Å². The largest absolute Gasteiger partial charge is 0.456 e. The van der Waals surface area contributed by atoms with Gasteiger partial charge in [-0.2, -0.15) is 8.78 Å². The van der Waals surface area contributed by atoms with E-state index in [-0.39, 0.29) is 5.75 Å². The first kappa shape index (κ1) is 21.2. The average Bonchev–Trinajstić information content (AvgIpc) is 2.74. The molecule has 0 spiro atoms. The SMILES string of the molecule is [C-]#[N+]c1ccc(Oc2ccc(C(F)(F)C(O)(CN)c3ccc(F)cc3F)nc2)cc1. The number of rotatable bonds is 6. The van der Waals surface area contributed by atoms with Gasteiger partial charge in [-0.05, 0) is 30.3 Å². The summed E-state index contributed by atoms with van der Waals surface area (Å²) in [6, 6.07) is 10.1. The lowest BCUT2D eigenvalue weighted by molar-refractivity contribution is -0.193. The van der Waals surface area contributed by atoms with Gasteiger partial charge in [0.25, 0.3) is 0 Å². The standard InChI is InChI=1S/C21H15F4N3O2/c1-27-14-3-5-15(6-4-14)30-16-7-9-19(28-11-16)21(24,25)20(29,12-26)17-8-2-13(22)10-18(17)23/h2-11,29H,12,26H2. The molecule has 0 amide bonds. The van der Waals surface area contributed by atoms with Gasteiger partial charge in [0, 0.05) is 18.2 Å². The van der Waals surface area contributed by atoms with Crippen molar-refractivity contribution in [3.8, 4) is 11.5 Å². The summed E-state index contributed by atoms with van der Waals surface area (Å²) in [6.45, 7) is 5.86. The molecule has 1 heterocycles. The highest BCUT2D eigenvalue weighted by Crippen LogP contribution is 2.45. The average molecular weight is 417 g/mol. The monoisotopic (exact) mass is 417 g/mol. The van der Waals surface area contributed by atoms with E-state index in [4.69, 9.17) is 17.0 Å². The summed E-state index contributed by atoms with van der Waals surface area (Å²) in [5, 5.41) is 10.6. The van der Waals surface area contributed by atoms with Gasteiger partial charge < -0.3 is 15.6 Å². The Balaban J connectivity index is 1.89.